The maximum absolute atomic E-state index is 6.88. The number of furan rings is 1. The van der Waals surface area contributed by atoms with Crippen molar-refractivity contribution in [1.82, 2.24) is 15.0 Å². The number of benzene rings is 9. The molecule has 0 N–H and O–H groups in total. The number of aromatic nitrogens is 3. The summed E-state index contributed by atoms with van der Waals surface area (Å²) in [5.41, 5.74) is 11.1. The van der Waals surface area contributed by atoms with Gasteiger partial charge in [0.1, 0.15) is 11.2 Å². The molecule has 4 nitrogen and oxygen atoms in total. The zero-order valence-electron chi connectivity index (χ0n) is 33.0. The lowest BCUT2D eigenvalue weighted by molar-refractivity contribution is 0.647. The first kappa shape index (κ1) is 34.4. The van der Waals surface area contributed by atoms with Crippen LogP contribution in [0.3, 0.4) is 0 Å². The van der Waals surface area contributed by atoms with E-state index in [1.807, 2.05) is 0 Å². The van der Waals surface area contributed by atoms with Gasteiger partial charge in [-0.2, -0.15) is 0 Å². The summed E-state index contributed by atoms with van der Waals surface area (Å²) in [4.78, 5) is 16.1. The van der Waals surface area contributed by atoms with Crippen molar-refractivity contribution in [3.8, 4) is 45.3 Å². The summed E-state index contributed by atoms with van der Waals surface area (Å²) in [6.45, 7) is 0. The quantitative estimate of drug-likeness (QED) is 0.178. The second-order valence-corrected chi connectivity index (χ2v) is 17.3. The number of para-hydroxylation sites is 1. The molecule has 0 radical (unpaired) electrons. The third kappa shape index (κ3) is 5.54. The van der Waals surface area contributed by atoms with Crippen LogP contribution in [0.15, 0.2) is 186 Å². The molecule has 0 amide bonds. The fraction of sp³-hybridized carbons (Fsp3) is 0.0536. The van der Waals surface area contributed by atoms with E-state index < -0.39 is 0 Å². The SMILES string of the molecule is c1ccc2c(c1)-c1cc3ccccc3cc1CCC2c1cc(-c2nc(-c3ccc4ccccc4c3)nc(-c3cccc4c3sc3ccccc34)n2)cc2c1oc1ccccc12. The molecule has 0 saturated heterocycles. The molecule has 0 saturated carbocycles. The highest BCUT2D eigenvalue weighted by Gasteiger charge is 2.28. The van der Waals surface area contributed by atoms with E-state index in [1.54, 1.807) is 11.3 Å². The van der Waals surface area contributed by atoms with E-state index in [0.29, 0.717) is 17.5 Å². The first-order valence-corrected chi connectivity index (χ1v) is 21.7. The second kappa shape index (κ2) is 13.5. The van der Waals surface area contributed by atoms with E-state index in [1.165, 1.54) is 58.6 Å². The van der Waals surface area contributed by atoms with Crippen molar-refractivity contribution < 1.29 is 4.42 Å². The van der Waals surface area contributed by atoms with Crippen molar-refractivity contribution in [2.45, 2.75) is 18.8 Å². The van der Waals surface area contributed by atoms with Crippen molar-refractivity contribution in [1.29, 1.82) is 0 Å². The van der Waals surface area contributed by atoms with Gasteiger partial charge in [0, 0.05) is 59.1 Å². The van der Waals surface area contributed by atoms with Crippen molar-refractivity contribution in [3.05, 3.63) is 199 Å². The number of rotatable bonds is 4. The molecule has 9 aromatic carbocycles. The Morgan fingerprint density at radius 1 is 0.443 bits per heavy atom. The monoisotopic (exact) mass is 797 g/mol. The highest BCUT2D eigenvalue weighted by atomic mass is 32.1. The van der Waals surface area contributed by atoms with Crippen LogP contribution in [-0.2, 0) is 6.42 Å². The molecule has 1 aliphatic rings. The van der Waals surface area contributed by atoms with Crippen molar-refractivity contribution in [3.63, 3.8) is 0 Å². The van der Waals surface area contributed by atoms with Crippen LogP contribution < -0.4 is 0 Å². The summed E-state index contributed by atoms with van der Waals surface area (Å²) in [6, 6.07) is 65.4. The van der Waals surface area contributed by atoms with Gasteiger partial charge in [-0.05, 0) is 99.1 Å². The summed E-state index contributed by atoms with van der Waals surface area (Å²) in [7, 11) is 0. The highest BCUT2D eigenvalue weighted by Crippen LogP contribution is 2.47. The van der Waals surface area contributed by atoms with E-state index in [4.69, 9.17) is 19.4 Å². The first-order chi connectivity index (χ1) is 30.2. The van der Waals surface area contributed by atoms with Crippen molar-refractivity contribution in [2.24, 2.45) is 0 Å². The highest BCUT2D eigenvalue weighted by molar-refractivity contribution is 7.26. The molecule has 61 heavy (non-hydrogen) atoms. The maximum atomic E-state index is 6.88. The Morgan fingerprint density at radius 3 is 2.00 bits per heavy atom. The minimum absolute atomic E-state index is 0.0586. The Balaban J connectivity index is 1.06. The predicted molar refractivity (Wildman–Crippen MR) is 253 cm³/mol. The molecule has 3 aromatic heterocycles. The van der Waals surface area contributed by atoms with Crippen LogP contribution in [0.1, 0.15) is 29.0 Å². The minimum atomic E-state index is 0.0586. The van der Waals surface area contributed by atoms with Crippen LogP contribution in [-0.4, -0.2) is 15.0 Å². The second-order valence-electron chi connectivity index (χ2n) is 16.2. The Labute approximate surface area is 355 Å². The van der Waals surface area contributed by atoms with E-state index in [9.17, 15) is 0 Å². The van der Waals surface area contributed by atoms with Crippen LogP contribution in [0.4, 0.5) is 0 Å². The van der Waals surface area contributed by atoms with E-state index in [0.717, 1.165) is 62.4 Å². The van der Waals surface area contributed by atoms with Gasteiger partial charge < -0.3 is 4.42 Å². The third-order valence-corrected chi connectivity index (χ3v) is 13.9. The molecule has 1 unspecified atom stereocenters. The molecule has 0 bridgehead atoms. The van der Waals surface area contributed by atoms with Crippen LogP contribution >= 0.6 is 11.3 Å². The smallest absolute Gasteiger partial charge is 0.165 e. The number of hydrogen-bond donors (Lipinski definition) is 0. The third-order valence-electron chi connectivity index (χ3n) is 12.7. The lowest BCUT2D eigenvalue weighted by atomic mass is 9.84. The summed E-state index contributed by atoms with van der Waals surface area (Å²) in [5.74, 6) is 2.00. The minimum Gasteiger partial charge on any atom is -0.456 e. The lowest BCUT2D eigenvalue weighted by Gasteiger charge is -2.20. The van der Waals surface area contributed by atoms with Crippen molar-refractivity contribution in [2.75, 3.05) is 0 Å². The van der Waals surface area contributed by atoms with Crippen molar-refractivity contribution >= 4 is 75.0 Å². The molecule has 0 fully saturated rings. The van der Waals surface area contributed by atoms with Gasteiger partial charge in [0.2, 0.25) is 0 Å². The summed E-state index contributed by atoms with van der Waals surface area (Å²) in [6.07, 6.45) is 1.86. The Morgan fingerprint density at radius 2 is 1.11 bits per heavy atom. The molecule has 1 atom stereocenters. The normalized spacial score (nSPS) is 13.9. The molecule has 12 aromatic rings. The average molecular weight is 798 g/mol. The van der Waals surface area contributed by atoms with Crippen LogP contribution in [0, 0.1) is 0 Å². The number of hydrogen-bond acceptors (Lipinski definition) is 5. The fourth-order valence-corrected chi connectivity index (χ4v) is 11.0. The zero-order valence-corrected chi connectivity index (χ0v) is 33.8. The van der Waals surface area contributed by atoms with Gasteiger partial charge >= 0.3 is 0 Å². The average Bonchev–Trinajstić information content (AvgIpc) is 3.85. The van der Waals surface area contributed by atoms with Gasteiger partial charge in [-0.25, -0.2) is 15.0 Å². The maximum Gasteiger partial charge on any atom is 0.165 e. The number of nitrogens with zero attached hydrogens (tertiary/aromatic N) is 3. The van der Waals surface area contributed by atoms with E-state index in [-0.39, 0.29) is 5.92 Å². The predicted octanol–water partition coefficient (Wildman–Crippen LogP) is 15.2. The summed E-state index contributed by atoms with van der Waals surface area (Å²) < 4.78 is 9.29. The number of fused-ring (bicyclic) bond motifs is 11. The topological polar surface area (TPSA) is 51.8 Å². The van der Waals surface area contributed by atoms with Gasteiger partial charge in [0.25, 0.3) is 0 Å². The van der Waals surface area contributed by atoms with Gasteiger partial charge in [-0.15, -0.1) is 11.3 Å². The molecular formula is C56H35N3OS. The molecule has 0 aliphatic heterocycles. The van der Waals surface area contributed by atoms with Gasteiger partial charge in [-0.3, -0.25) is 0 Å². The standard InChI is InChI=1S/C56H35N3OS/c1-2-13-34-29-38(25-24-33(34)12-1)54-57-55(59-56(58-54)46-21-11-20-45-44-19-8-10-23-51(44)61-53(45)46)39-31-48(52-49(32-39)43-18-7-9-22-50(43)60-52)42-27-26-37-28-35-14-3-4-15-36(35)30-47(37)41-17-6-5-16-40(41)42/h1-25,28-32,42H,26-27H2. The molecular weight excluding hydrogens is 763 g/mol. The van der Waals surface area contributed by atoms with Crippen LogP contribution in [0.2, 0.25) is 0 Å². The van der Waals surface area contributed by atoms with Gasteiger partial charge in [0.05, 0.1) is 0 Å². The van der Waals surface area contributed by atoms with Crippen LogP contribution in [0.25, 0.3) is 109 Å². The molecule has 1 aliphatic carbocycles. The first-order valence-electron chi connectivity index (χ1n) is 20.9. The number of aryl methyl sites for hydroxylation is 1. The molecule has 286 valence electrons. The van der Waals surface area contributed by atoms with E-state index in [2.05, 4.69) is 182 Å². The zero-order chi connectivity index (χ0) is 40.0. The van der Waals surface area contributed by atoms with Gasteiger partial charge in [-0.1, -0.05) is 140 Å². The molecule has 3 heterocycles. The molecule has 0 spiro atoms. The number of thiophene rings is 1. The Hall–Kier alpha value is -7.47. The lowest BCUT2D eigenvalue weighted by Crippen LogP contribution is -2.05. The Kier molecular flexibility index (Phi) is 7.63. The van der Waals surface area contributed by atoms with Crippen LogP contribution in [0.5, 0.6) is 0 Å². The van der Waals surface area contributed by atoms with E-state index >= 15 is 0 Å². The molecule has 13 rings (SSSR count). The largest absolute Gasteiger partial charge is 0.456 e. The summed E-state index contributed by atoms with van der Waals surface area (Å²) in [5, 5.41) is 9.45. The Bertz CT molecular complexity index is 3750. The fourth-order valence-electron chi connectivity index (χ4n) is 9.82. The molecule has 5 heteroatoms. The summed E-state index contributed by atoms with van der Waals surface area (Å²) >= 11 is 1.79. The van der Waals surface area contributed by atoms with Gasteiger partial charge in [0.15, 0.2) is 17.5 Å².